The topological polar surface area (TPSA) is 97.1 Å². The van der Waals surface area contributed by atoms with Crippen molar-refractivity contribution in [3.05, 3.63) is 54.0 Å². The number of rotatable bonds is 6. The van der Waals surface area contributed by atoms with E-state index in [1.807, 2.05) is 0 Å². The monoisotopic (exact) mass is 474 g/mol. The van der Waals surface area contributed by atoms with Crippen molar-refractivity contribution in [2.24, 2.45) is 11.8 Å². The Morgan fingerprint density at radius 1 is 1.24 bits per heavy atom. The van der Waals surface area contributed by atoms with Crippen LogP contribution in [0, 0.1) is 11.8 Å². The molecule has 2 aromatic heterocycles. The number of aromatic nitrogens is 3. The van der Waals surface area contributed by atoms with Gasteiger partial charge in [0, 0.05) is 23.2 Å². The summed E-state index contributed by atoms with van der Waals surface area (Å²) in [5, 5.41) is 18.6. The number of carbonyl (C=O) groups excluding carboxylic acids is 2. The van der Waals surface area contributed by atoms with Gasteiger partial charge in [-0.2, -0.15) is 18.3 Å². The first kappa shape index (κ1) is 23.9. The lowest BCUT2D eigenvalue weighted by atomic mass is 9.79. The first-order chi connectivity index (χ1) is 16.1. The lowest BCUT2D eigenvalue weighted by Crippen LogP contribution is -2.34. The zero-order valence-electron chi connectivity index (χ0n) is 18.5. The molecule has 1 aliphatic rings. The fraction of sp³-hybridized carbons (Fsp3) is 0.417. The molecule has 2 N–H and O–H groups in total. The van der Waals surface area contributed by atoms with Crippen LogP contribution in [-0.4, -0.2) is 32.1 Å². The van der Waals surface area contributed by atoms with Crippen LogP contribution in [0.25, 0.3) is 10.9 Å². The second-order valence-corrected chi connectivity index (χ2v) is 9.02. The second-order valence-electron chi connectivity index (χ2n) is 9.02. The molecule has 3 aromatic rings. The van der Waals surface area contributed by atoms with E-state index in [1.54, 1.807) is 25.1 Å². The van der Waals surface area contributed by atoms with Crippen molar-refractivity contribution < 1.29 is 27.9 Å². The van der Waals surface area contributed by atoms with Gasteiger partial charge in [-0.25, -0.2) is 4.68 Å². The molecule has 1 aliphatic carbocycles. The Kier molecular flexibility index (Phi) is 6.44. The van der Waals surface area contributed by atoms with Gasteiger partial charge in [0.25, 0.3) is 5.91 Å². The maximum absolute atomic E-state index is 13.2. The summed E-state index contributed by atoms with van der Waals surface area (Å²) in [6, 6.07) is 6.71. The number of aldehydes is 1. The van der Waals surface area contributed by atoms with Crippen LogP contribution in [0.2, 0.25) is 0 Å². The molecule has 180 valence electrons. The fourth-order valence-corrected chi connectivity index (χ4v) is 4.66. The molecule has 10 heteroatoms. The second kappa shape index (κ2) is 9.17. The number of nitrogens with zero attached hydrogens (tertiary/aromatic N) is 3. The Labute approximate surface area is 194 Å². The average molecular weight is 474 g/mol. The predicted molar refractivity (Wildman–Crippen MR) is 119 cm³/mol. The molecule has 0 saturated heterocycles. The van der Waals surface area contributed by atoms with Gasteiger partial charge in [-0.15, -0.1) is 0 Å². The molecule has 1 atom stereocenters. The molecule has 2 heterocycles. The summed E-state index contributed by atoms with van der Waals surface area (Å²) < 4.78 is 41.1. The molecule has 34 heavy (non-hydrogen) atoms. The number of fused-ring (bicyclic) bond motifs is 1. The number of anilines is 1. The molecule has 0 aliphatic heterocycles. The number of carbonyl (C=O) groups is 2. The van der Waals surface area contributed by atoms with E-state index in [0.29, 0.717) is 17.3 Å². The van der Waals surface area contributed by atoms with E-state index in [2.05, 4.69) is 15.4 Å². The standard InChI is InChI=1S/C24H25F3N4O3/c1-23(34,12-15-4-6-16(14-32)7-5-15)31-20-9-8-18(11-17(20)13-29-31)30-22(33)21-19(24(25,26)27)3-2-10-28-21/h2-3,8-11,13-16,34H,4-7,12H2,1H3,(H,30,33). The largest absolute Gasteiger partial charge is 0.418 e. The Morgan fingerprint density at radius 3 is 2.65 bits per heavy atom. The van der Waals surface area contributed by atoms with E-state index in [-0.39, 0.29) is 17.5 Å². The number of hydrogen-bond donors (Lipinski definition) is 2. The molecule has 4 rings (SSSR count). The van der Waals surface area contributed by atoms with Crippen molar-refractivity contribution in [3.63, 3.8) is 0 Å². The van der Waals surface area contributed by atoms with Crippen molar-refractivity contribution in [3.8, 4) is 0 Å². The third kappa shape index (κ3) is 4.96. The molecule has 1 unspecified atom stereocenters. The van der Waals surface area contributed by atoms with Crippen molar-refractivity contribution in [1.29, 1.82) is 0 Å². The number of nitrogens with one attached hydrogen (secondary N) is 1. The van der Waals surface area contributed by atoms with E-state index >= 15 is 0 Å². The smallest absolute Gasteiger partial charge is 0.369 e. The fourth-order valence-electron chi connectivity index (χ4n) is 4.66. The third-order valence-electron chi connectivity index (χ3n) is 6.37. The molecule has 7 nitrogen and oxygen atoms in total. The van der Waals surface area contributed by atoms with Crippen LogP contribution in [-0.2, 0) is 16.7 Å². The Hall–Kier alpha value is -3.27. The highest BCUT2D eigenvalue weighted by molar-refractivity contribution is 6.04. The van der Waals surface area contributed by atoms with Gasteiger partial charge in [-0.1, -0.05) is 0 Å². The lowest BCUT2D eigenvalue weighted by Gasteiger charge is -2.32. The summed E-state index contributed by atoms with van der Waals surface area (Å²) in [4.78, 5) is 27.1. The molecule has 0 radical (unpaired) electrons. The van der Waals surface area contributed by atoms with Crippen LogP contribution in [0.4, 0.5) is 18.9 Å². The summed E-state index contributed by atoms with van der Waals surface area (Å²) >= 11 is 0. The van der Waals surface area contributed by atoms with Crippen molar-refractivity contribution in [2.45, 2.75) is 50.9 Å². The number of alkyl halides is 3. The molecule has 1 fully saturated rings. The summed E-state index contributed by atoms with van der Waals surface area (Å²) in [7, 11) is 0. The van der Waals surface area contributed by atoms with Crippen LogP contribution < -0.4 is 5.32 Å². The van der Waals surface area contributed by atoms with Crippen LogP contribution in [0.1, 0.15) is 55.1 Å². The van der Waals surface area contributed by atoms with E-state index < -0.39 is 29.1 Å². The van der Waals surface area contributed by atoms with Crippen LogP contribution >= 0.6 is 0 Å². The van der Waals surface area contributed by atoms with E-state index in [9.17, 15) is 27.9 Å². The van der Waals surface area contributed by atoms with Crippen LogP contribution in [0.15, 0.2) is 42.7 Å². The highest BCUT2D eigenvalue weighted by atomic mass is 19.4. The zero-order valence-corrected chi connectivity index (χ0v) is 18.5. The van der Waals surface area contributed by atoms with Gasteiger partial charge < -0.3 is 15.2 Å². The van der Waals surface area contributed by atoms with Gasteiger partial charge in [0.2, 0.25) is 0 Å². The van der Waals surface area contributed by atoms with Crippen LogP contribution in [0.3, 0.4) is 0 Å². The normalized spacial score (nSPS) is 20.6. The summed E-state index contributed by atoms with van der Waals surface area (Å²) in [5.41, 5.74) is -2.18. The molecule has 0 bridgehead atoms. The van der Waals surface area contributed by atoms with Crippen molar-refractivity contribution >= 4 is 28.8 Å². The molecular formula is C24H25F3N4O3. The minimum absolute atomic E-state index is 0.0960. The molecule has 0 spiro atoms. The Balaban J connectivity index is 1.51. The van der Waals surface area contributed by atoms with E-state index in [0.717, 1.165) is 50.3 Å². The molecular weight excluding hydrogens is 449 g/mol. The maximum atomic E-state index is 13.2. The van der Waals surface area contributed by atoms with Gasteiger partial charge >= 0.3 is 6.18 Å². The number of pyridine rings is 1. The third-order valence-corrected chi connectivity index (χ3v) is 6.37. The zero-order chi connectivity index (χ0) is 24.5. The summed E-state index contributed by atoms with van der Waals surface area (Å²) in [6.07, 6.45) is 2.81. The maximum Gasteiger partial charge on any atom is 0.418 e. The highest BCUT2D eigenvalue weighted by Crippen LogP contribution is 2.36. The van der Waals surface area contributed by atoms with Gasteiger partial charge in [0.05, 0.1) is 17.3 Å². The minimum Gasteiger partial charge on any atom is -0.369 e. The SMILES string of the molecule is CC(O)(CC1CCC(C=O)CC1)n1ncc2cc(NC(=O)c3ncccc3C(F)(F)F)ccc21. The van der Waals surface area contributed by atoms with Gasteiger partial charge in [0.1, 0.15) is 12.0 Å². The Morgan fingerprint density at radius 2 is 1.97 bits per heavy atom. The number of hydrogen-bond acceptors (Lipinski definition) is 5. The first-order valence-corrected chi connectivity index (χ1v) is 11.1. The number of benzene rings is 1. The average Bonchev–Trinajstić information content (AvgIpc) is 3.23. The molecule has 1 aromatic carbocycles. The predicted octanol–water partition coefficient (Wildman–Crippen LogP) is 4.76. The van der Waals surface area contributed by atoms with E-state index in [1.165, 1.54) is 10.9 Å². The lowest BCUT2D eigenvalue weighted by molar-refractivity contribution is -0.138. The minimum atomic E-state index is -4.70. The number of amides is 1. The molecule has 1 saturated carbocycles. The highest BCUT2D eigenvalue weighted by Gasteiger charge is 2.36. The van der Waals surface area contributed by atoms with E-state index in [4.69, 9.17) is 0 Å². The summed E-state index contributed by atoms with van der Waals surface area (Å²) in [6.45, 7) is 1.68. The van der Waals surface area contributed by atoms with Gasteiger partial charge in [-0.3, -0.25) is 9.78 Å². The van der Waals surface area contributed by atoms with Crippen molar-refractivity contribution in [2.75, 3.05) is 5.32 Å². The quantitative estimate of drug-likeness (QED) is 0.502. The van der Waals surface area contributed by atoms with Gasteiger partial charge in [-0.05, 0) is 75.3 Å². The number of halogens is 3. The van der Waals surface area contributed by atoms with Crippen LogP contribution in [0.5, 0.6) is 0 Å². The Bertz CT molecular complexity index is 1200. The first-order valence-electron chi connectivity index (χ1n) is 11.1. The molecule has 1 amide bonds. The summed E-state index contributed by atoms with van der Waals surface area (Å²) in [5.74, 6) is -0.610. The van der Waals surface area contributed by atoms with Gasteiger partial charge in [0.15, 0.2) is 5.72 Å². The van der Waals surface area contributed by atoms with Crippen molar-refractivity contribution in [1.82, 2.24) is 14.8 Å². The number of aliphatic hydroxyl groups is 1.